The Labute approximate surface area is 113 Å². The third-order valence-corrected chi connectivity index (χ3v) is 2.84. The van der Waals surface area contributed by atoms with Crippen molar-refractivity contribution in [1.29, 1.82) is 0 Å². The van der Waals surface area contributed by atoms with E-state index in [1.54, 1.807) is 11.0 Å². The van der Waals surface area contributed by atoms with Gasteiger partial charge >= 0.3 is 6.01 Å². The molecule has 102 valence electrons. The van der Waals surface area contributed by atoms with Gasteiger partial charge in [-0.05, 0) is 45.5 Å². The second-order valence-corrected chi connectivity index (χ2v) is 4.48. The lowest BCUT2D eigenvalue weighted by atomic mass is 10.2. The van der Waals surface area contributed by atoms with E-state index in [1.165, 1.54) is 0 Å². The first kappa shape index (κ1) is 13.5. The highest BCUT2D eigenvalue weighted by Crippen LogP contribution is 2.11. The smallest absolute Gasteiger partial charge is 0.336 e. The van der Waals surface area contributed by atoms with E-state index in [1.807, 2.05) is 44.3 Å². The molecule has 0 amide bonds. The van der Waals surface area contributed by atoms with Crippen molar-refractivity contribution in [2.75, 3.05) is 13.6 Å². The highest BCUT2D eigenvalue weighted by atomic mass is 16.5. The molecule has 2 aromatic rings. The summed E-state index contributed by atoms with van der Waals surface area (Å²) in [7, 11) is 1.95. The van der Waals surface area contributed by atoms with Gasteiger partial charge in [0.25, 0.3) is 0 Å². The summed E-state index contributed by atoms with van der Waals surface area (Å²) in [4.78, 5) is 4.17. The molecule has 0 aliphatic rings. The third kappa shape index (κ3) is 4.06. The molecule has 19 heavy (non-hydrogen) atoms. The number of benzene rings is 1. The third-order valence-electron chi connectivity index (χ3n) is 2.84. The normalized spacial score (nSPS) is 12.3. The van der Waals surface area contributed by atoms with Crippen LogP contribution in [0.5, 0.6) is 6.01 Å². The lowest BCUT2D eigenvalue weighted by Gasteiger charge is -2.10. The Morgan fingerprint density at radius 3 is 2.84 bits per heavy atom. The van der Waals surface area contributed by atoms with E-state index in [2.05, 4.69) is 15.4 Å². The predicted octanol–water partition coefficient (Wildman–Crippen LogP) is 2.03. The fourth-order valence-corrected chi connectivity index (χ4v) is 1.81. The molecule has 0 aliphatic carbocycles. The molecule has 0 radical (unpaired) electrons. The molecule has 0 aliphatic heterocycles. The van der Waals surface area contributed by atoms with Gasteiger partial charge in [-0.25, -0.2) is 4.68 Å². The molecule has 5 nitrogen and oxygen atoms in total. The minimum atomic E-state index is 0.125. The number of aromatic nitrogens is 3. The molecular formula is C14H20N4O. The fourth-order valence-electron chi connectivity index (χ4n) is 1.81. The summed E-state index contributed by atoms with van der Waals surface area (Å²) < 4.78 is 7.41. The summed E-state index contributed by atoms with van der Waals surface area (Å²) in [5.74, 6) is 0. The molecule has 1 atom stereocenters. The molecule has 0 fully saturated rings. The van der Waals surface area contributed by atoms with Crippen LogP contribution in [-0.2, 0) is 0 Å². The molecule has 0 bridgehead atoms. The average Bonchev–Trinajstić information content (AvgIpc) is 2.88. The highest BCUT2D eigenvalue weighted by molar-refractivity contribution is 5.29. The van der Waals surface area contributed by atoms with Gasteiger partial charge in [0, 0.05) is 0 Å². The van der Waals surface area contributed by atoms with E-state index in [0.717, 1.165) is 25.1 Å². The first-order valence-electron chi connectivity index (χ1n) is 6.58. The molecule has 1 heterocycles. The van der Waals surface area contributed by atoms with Gasteiger partial charge in [0.15, 0.2) is 0 Å². The molecule has 0 saturated carbocycles. The van der Waals surface area contributed by atoms with Crippen LogP contribution in [0, 0.1) is 0 Å². The number of nitrogens with one attached hydrogen (secondary N) is 1. The van der Waals surface area contributed by atoms with Crippen molar-refractivity contribution < 1.29 is 4.74 Å². The van der Waals surface area contributed by atoms with Crippen molar-refractivity contribution in [1.82, 2.24) is 20.1 Å². The lowest BCUT2D eigenvalue weighted by molar-refractivity contribution is 0.191. The first-order chi connectivity index (χ1) is 9.29. The number of hydrogen-bond donors (Lipinski definition) is 1. The van der Waals surface area contributed by atoms with Crippen LogP contribution in [0.4, 0.5) is 0 Å². The zero-order valence-electron chi connectivity index (χ0n) is 11.4. The van der Waals surface area contributed by atoms with Gasteiger partial charge in [-0.1, -0.05) is 18.2 Å². The van der Waals surface area contributed by atoms with Gasteiger partial charge in [0.2, 0.25) is 0 Å². The van der Waals surface area contributed by atoms with Gasteiger partial charge in [-0.15, -0.1) is 5.10 Å². The Morgan fingerprint density at radius 2 is 2.11 bits per heavy atom. The molecule has 2 rings (SSSR count). The molecule has 1 unspecified atom stereocenters. The molecule has 1 aromatic carbocycles. The van der Waals surface area contributed by atoms with E-state index in [4.69, 9.17) is 4.74 Å². The van der Waals surface area contributed by atoms with Crippen LogP contribution in [0.3, 0.4) is 0 Å². The van der Waals surface area contributed by atoms with Crippen LogP contribution in [-0.4, -0.2) is 34.5 Å². The van der Waals surface area contributed by atoms with Crippen molar-refractivity contribution in [2.24, 2.45) is 0 Å². The lowest BCUT2D eigenvalue weighted by Crippen LogP contribution is -2.16. The van der Waals surface area contributed by atoms with E-state index < -0.39 is 0 Å². The van der Waals surface area contributed by atoms with Crippen molar-refractivity contribution in [3.8, 4) is 11.7 Å². The van der Waals surface area contributed by atoms with Crippen molar-refractivity contribution in [3.05, 3.63) is 36.7 Å². The maximum absolute atomic E-state index is 5.69. The van der Waals surface area contributed by atoms with Crippen LogP contribution in [0.15, 0.2) is 36.7 Å². The number of hydrogen-bond acceptors (Lipinski definition) is 4. The first-order valence-corrected chi connectivity index (χ1v) is 6.58. The van der Waals surface area contributed by atoms with Gasteiger partial charge in [-0.2, -0.15) is 4.98 Å². The molecule has 0 spiro atoms. The molecule has 5 heteroatoms. The Morgan fingerprint density at radius 1 is 1.32 bits per heavy atom. The monoisotopic (exact) mass is 260 g/mol. The van der Waals surface area contributed by atoms with Gasteiger partial charge < -0.3 is 10.1 Å². The minimum Gasteiger partial charge on any atom is -0.459 e. The Kier molecular flexibility index (Phi) is 4.92. The van der Waals surface area contributed by atoms with Crippen LogP contribution >= 0.6 is 0 Å². The van der Waals surface area contributed by atoms with Crippen LogP contribution in [0.25, 0.3) is 5.69 Å². The average molecular weight is 260 g/mol. The van der Waals surface area contributed by atoms with Crippen molar-refractivity contribution in [2.45, 2.75) is 25.9 Å². The SMILES string of the molecule is CNCCCC(C)Oc1ncn(-c2ccccc2)n1. The number of nitrogens with zero attached hydrogens (tertiary/aromatic N) is 3. The summed E-state index contributed by atoms with van der Waals surface area (Å²) in [5, 5.41) is 7.44. The highest BCUT2D eigenvalue weighted by Gasteiger charge is 2.08. The second-order valence-electron chi connectivity index (χ2n) is 4.48. The standard InChI is InChI=1S/C14H20N4O/c1-12(7-6-10-15-2)19-14-16-11-18(17-14)13-8-4-3-5-9-13/h3-5,8-9,11-12,15H,6-7,10H2,1-2H3. The van der Waals surface area contributed by atoms with Crippen LogP contribution in [0.2, 0.25) is 0 Å². The molecule has 1 aromatic heterocycles. The molecular weight excluding hydrogens is 240 g/mol. The van der Waals surface area contributed by atoms with Gasteiger partial charge in [0.1, 0.15) is 6.33 Å². The van der Waals surface area contributed by atoms with Crippen LogP contribution < -0.4 is 10.1 Å². The topological polar surface area (TPSA) is 52.0 Å². The van der Waals surface area contributed by atoms with Gasteiger partial charge in [0.05, 0.1) is 11.8 Å². The zero-order chi connectivity index (χ0) is 13.5. The van der Waals surface area contributed by atoms with Gasteiger partial charge in [-0.3, -0.25) is 0 Å². The maximum Gasteiger partial charge on any atom is 0.336 e. The zero-order valence-corrected chi connectivity index (χ0v) is 11.4. The Bertz CT molecular complexity index is 483. The van der Waals surface area contributed by atoms with Crippen molar-refractivity contribution in [3.63, 3.8) is 0 Å². The largest absolute Gasteiger partial charge is 0.459 e. The molecule has 1 N–H and O–H groups in total. The Hall–Kier alpha value is -1.88. The minimum absolute atomic E-state index is 0.125. The maximum atomic E-state index is 5.69. The summed E-state index contributed by atoms with van der Waals surface area (Å²) >= 11 is 0. The number of ether oxygens (including phenoxy) is 1. The van der Waals surface area contributed by atoms with E-state index in [-0.39, 0.29) is 6.10 Å². The summed E-state index contributed by atoms with van der Waals surface area (Å²) in [6, 6.07) is 10.3. The fraction of sp³-hybridized carbons (Fsp3) is 0.429. The van der Waals surface area contributed by atoms with E-state index >= 15 is 0 Å². The molecule has 0 saturated heterocycles. The van der Waals surface area contributed by atoms with Crippen molar-refractivity contribution >= 4 is 0 Å². The number of rotatable bonds is 7. The van der Waals surface area contributed by atoms with E-state index in [0.29, 0.717) is 6.01 Å². The Balaban J connectivity index is 1.91. The quantitative estimate of drug-likeness (QED) is 0.774. The summed E-state index contributed by atoms with van der Waals surface area (Å²) in [5.41, 5.74) is 0.979. The van der Waals surface area contributed by atoms with E-state index in [9.17, 15) is 0 Å². The second kappa shape index (κ2) is 6.89. The summed E-state index contributed by atoms with van der Waals surface area (Å²) in [6.07, 6.45) is 3.86. The van der Waals surface area contributed by atoms with Crippen LogP contribution in [0.1, 0.15) is 19.8 Å². The number of para-hydroxylation sites is 1. The summed E-state index contributed by atoms with van der Waals surface area (Å²) in [6.45, 7) is 3.04. The predicted molar refractivity (Wildman–Crippen MR) is 74.6 cm³/mol.